The summed E-state index contributed by atoms with van der Waals surface area (Å²) in [4.78, 5) is 15.8. The molecular formula is C17H23ClN6O. The molecule has 134 valence electrons. The lowest BCUT2D eigenvalue weighted by atomic mass is 9.78. The quantitative estimate of drug-likeness (QED) is 0.892. The van der Waals surface area contributed by atoms with Crippen LogP contribution in [0.5, 0.6) is 0 Å². The predicted octanol–water partition coefficient (Wildman–Crippen LogP) is 1.36. The van der Waals surface area contributed by atoms with Gasteiger partial charge in [-0.05, 0) is 36.4 Å². The Balaban J connectivity index is 0.00000182. The second-order valence-electron chi connectivity index (χ2n) is 6.82. The van der Waals surface area contributed by atoms with Gasteiger partial charge >= 0.3 is 0 Å². The van der Waals surface area contributed by atoms with E-state index in [1.54, 1.807) is 0 Å². The van der Waals surface area contributed by atoms with Crippen LogP contribution in [0.1, 0.15) is 19.3 Å². The zero-order valence-corrected chi connectivity index (χ0v) is 14.9. The van der Waals surface area contributed by atoms with Crippen LogP contribution in [-0.4, -0.2) is 57.2 Å². The van der Waals surface area contributed by atoms with E-state index in [-0.39, 0.29) is 24.9 Å². The number of nitrogens with zero attached hydrogens (tertiary/aromatic N) is 5. The van der Waals surface area contributed by atoms with Crippen molar-refractivity contribution in [1.29, 1.82) is 0 Å². The number of carbonyl (C=O) groups is 1. The number of nitrogens with one attached hydrogen (secondary N) is 1. The summed E-state index contributed by atoms with van der Waals surface area (Å²) < 4.78 is 0. The zero-order valence-electron chi connectivity index (χ0n) is 14.1. The highest BCUT2D eigenvalue weighted by Crippen LogP contribution is 2.36. The van der Waals surface area contributed by atoms with E-state index in [1.807, 2.05) is 35.2 Å². The number of hydrogen-bond acceptors (Lipinski definition) is 5. The van der Waals surface area contributed by atoms with Crippen molar-refractivity contribution in [3.8, 4) is 11.4 Å². The minimum atomic E-state index is 0. The second-order valence-corrected chi connectivity index (χ2v) is 6.82. The van der Waals surface area contributed by atoms with Gasteiger partial charge in [0, 0.05) is 25.2 Å². The SMILES string of the molecule is Cl.O=C(Cn1nnc(-c2ccccc2)n1)N1CCC2(CCNC2)CC1. The van der Waals surface area contributed by atoms with Crippen molar-refractivity contribution in [1.82, 2.24) is 30.4 Å². The largest absolute Gasteiger partial charge is 0.341 e. The maximum Gasteiger partial charge on any atom is 0.246 e. The molecule has 0 atom stereocenters. The predicted molar refractivity (Wildman–Crippen MR) is 96.2 cm³/mol. The smallest absolute Gasteiger partial charge is 0.246 e. The molecule has 2 aromatic rings. The lowest BCUT2D eigenvalue weighted by molar-refractivity contribution is -0.134. The third-order valence-corrected chi connectivity index (χ3v) is 5.27. The number of carbonyl (C=O) groups excluding carboxylic acids is 1. The lowest BCUT2D eigenvalue weighted by Gasteiger charge is -2.38. The van der Waals surface area contributed by atoms with Crippen LogP contribution in [0, 0.1) is 5.41 Å². The van der Waals surface area contributed by atoms with E-state index in [0.717, 1.165) is 44.6 Å². The number of likely N-dealkylation sites (tertiary alicyclic amines) is 1. The van der Waals surface area contributed by atoms with Crippen LogP contribution < -0.4 is 5.32 Å². The molecule has 1 spiro atoms. The fraction of sp³-hybridized carbons (Fsp3) is 0.529. The molecule has 0 bridgehead atoms. The van der Waals surface area contributed by atoms with Crippen LogP contribution in [0.4, 0.5) is 0 Å². The molecule has 4 rings (SSSR count). The molecule has 8 heteroatoms. The maximum absolute atomic E-state index is 12.5. The highest BCUT2D eigenvalue weighted by Gasteiger charge is 2.38. The van der Waals surface area contributed by atoms with Gasteiger partial charge in [-0.25, -0.2) is 0 Å². The van der Waals surface area contributed by atoms with Crippen LogP contribution in [0.25, 0.3) is 11.4 Å². The topological polar surface area (TPSA) is 75.9 Å². The Bertz CT molecular complexity index is 703. The second kappa shape index (κ2) is 7.49. The standard InChI is InChI=1S/C17H22N6O.ClH/c24-15(22-10-7-17(8-11-22)6-9-18-13-17)12-23-20-16(19-21-23)14-4-2-1-3-5-14;/h1-5,18H,6-13H2;1H. The van der Waals surface area contributed by atoms with E-state index in [1.165, 1.54) is 11.2 Å². The molecule has 1 amide bonds. The number of amides is 1. The molecule has 2 saturated heterocycles. The van der Waals surface area contributed by atoms with E-state index in [2.05, 4.69) is 20.7 Å². The Morgan fingerprint density at radius 2 is 1.92 bits per heavy atom. The molecule has 0 unspecified atom stereocenters. The molecule has 2 aliphatic heterocycles. The first-order valence-corrected chi connectivity index (χ1v) is 8.56. The van der Waals surface area contributed by atoms with Crippen molar-refractivity contribution in [2.45, 2.75) is 25.8 Å². The summed E-state index contributed by atoms with van der Waals surface area (Å²) in [5, 5.41) is 15.8. The maximum atomic E-state index is 12.5. The molecule has 3 heterocycles. The Labute approximate surface area is 153 Å². The minimum Gasteiger partial charge on any atom is -0.341 e. The Morgan fingerprint density at radius 1 is 1.16 bits per heavy atom. The molecule has 25 heavy (non-hydrogen) atoms. The summed E-state index contributed by atoms with van der Waals surface area (Å²) in [7, 11) is 0. The van der Waals surface area contributed by atoms with Crippen molar-refractivity contribution in [2.75, 3.05) is 26.2 Å². The normalized spacial score (nSPS) is 19.0. The van der Waals surface area contributed by atoms with Gasteiger partial charge in [0.2, 0.25) is 11.7 Å². The molecule has 1 N–H and O–H groups in total. The van der Waals surface area contributed by atoms with Gasteiger partial charge in [-0.2, -0.15) is 4.80 Å². The van der Waals surface area contributed by atoms with Gasteiger partial charge < -0.3 is 10.2 Å². The average Bonchev–Trinajstić information content (AvgIpc) is 3.26. The molecule has 0 aliphatic carbocycles. The molecule has 2 aliphatic rings. The molecule has 2 fully saturated rings. The van der Waals surface area contributed by atoms with Crippen molar-refractivity contribution in [2.24, 2.45) is 5.41 Å². The fourth-order valence-electron chi connectivity index (χ4n) is 3.69. The van der Waals surface area contributed by atoms with Gasteiger partial charge in [0.25, 0.3) is 0 Å². The highest BCUT2D eigenvalue weighted by molar-refractivity contribution is 5.85. The van der Waals surface area contributed by atoms with Gasteiger partial charge in [-0.3, -0.25) is 4.79 Å². The van der Waals surface area contributed by atoms with Gasteiger partial charge in [0.05, 0.1) is 0 Å². The van der Waals surface area contributed by atoms with E-state index < -0.39 is 0 Å². The summed E-state index contributed by atoms with van der Waals surface area (Å²) in [6, 6.07) is 9.68. The summed E-state index contributed by atoms with van der Waals surface area (Å²) in [5.41, 5.74) is 1.33. The van der Waals surface area contributed by atoms with Crippen LogP contribution in [0.3, 0.4) is 0 Å². The highest BCUT2D eigenvalue weighted by atomic mass is 35.5. The van der Waals surface area contributed by atoms with E-state index in [4.69, 9.17) is 0 Å². The van der Waals surface area contributed by atoms with E-state index >= 15 is 0 Å². The number of piperidine rings is 1. The Kier molecular flexibility index (Phi) is 5.34. The molecular weight excluding hydrogens is 340 g/mol. The van der Waals surface area contributed by atoms with Crippen molar-refractivity contribution in [3.05, 3.63) is 30.3 Å². The number of rotatable bonds is 3. The van der Waals surface area contributed by atoms with Crippen LogP contribution >= 0.6 is 12.4 Å². The third kappa shape index (κ3) is 3.82. The first kappa shape index (κ1) is 17.8. The monoisotopic (exact) mass is 362 g/mol. The third-order valence-electron chi connectivity index (χ3n) is 5.27. The number of aromatic nitrogens is 4. The molecule has 7 nitrogen and oxygen atoms in total. The summed E-state index contributed by atoms with van der Waals surface area (Å²) in [5.74, 6) is 0.630. The van der Waals surface area contributed by atoms with Gasteiger partial charge in [-0.15, -0.1) is 22.6 Å². The average molecular weight is 363 g/mol. The molecule has 0 saturated carbocycles. The number of halogens is 1. The lowest BCUT2D eigenvalue weighted by Crippen LogP contribution is -2.45. The molecule has 1 aromatic heterocycles. The van der Waals surface area contributed by atoms with Crippen LogP contribution in [0.2, 0.25) is 0 Å². The number of tetrazole rings is 1. The van der Waals surface area contributed by atoms with Crippen molar-refractivity contribution >= 4 is 18.3 Å². The van der Waals surface area contributed by atoms with Gasteiger partial charge in [-0.1, -0.05) is 30.3 Å². The van der Waals surface area contributed by atoms with Crippen LogP contribution in [0.15, 0.2) is 30.3 Å². The fourth-order valence-corrected chi connectivity index (χ4v) is 3.69. The zero-order chi connectivity index (χ0) is 16.4. The van der Waals surface area contributed by atoms with Crippen LogP contribution in [-0.2, 0) is 11.3 Å². The van der Waals surface area contributed by atoms with Crippen molar-refractivity contribution in [3.63, 3.8) is 0 Å². The van der Waals surface area contributed by atoms with Gasteiger partial charge in [0.1, 0.15) is 6.54 Å². The van der Waals surface area contributed by atoms with E-state index in [9.17, 15) is 4.79 Å². The van der Waals surface area contributed by atoms with E-state index in [0.29, 0.717) is 11.2 Å². The van der Waals surface area contributed by atoms with Crippen molar-refractivity contribution < 1.29 is 4.79 Å². The molecule has 1 aromatic carbocycles. The summed E-state index contributed by atoms with van der Waals surface area (Å²) >= 11 is 0. The minimum absolute atomic E-state index is 0. The Hall–Kier alpha value is -1.99. The Morgan fingerprint density at radius 3 is 2.60 bits per heavy atom. The summed E-state index contributed by atoms with van der Waals surface area (Å²) in [6.07, 6.45) is 3.41. The number of hydrogen-bond donors (Lipinski definition) is 1. The first-order chi connectivity index (χ1) is 11.7. The van der Waals surface area contributed by atoms with Gasteiger partial charge in [0.15, 0.2) is 0 Å². The first-order valence-electron chi connectivity index (χ1n) is 8.56. The molecule has 0 radical (unpaired) electrons. The number of benzene rings is 1. The summed E-state index contributed by atoms with van der Waals surface area (Å²) in [6.45, 7) is 4.03.